The maximum absolute atomic E-state index is 12.8. The van der Waals surface area contributed by atoms with Crippen LogP contribution in [0, 0.1) is 5.82 Å². The maximum Gasteiger partial charge on any atom is 0.240 e. The van der Waals surface area contributed by atoms with Crippen LogP contribution in [0.3, 0.4) is 0 Å². The second-order valence-corrected chi connectivity index (χ2v) is 7.25. The lowest BCUT2D eigenvalue weighted by atomic mass is 10.3. The van der Waals surface area contributed by atoms with Crippen LogP contribution in [0.15, 0.2) is 29.2 Å². The Hall–Kier alpha value is -1.02. The van der Waals surface area contributed by atoms with Crippen LogP contribution in [0.2, 0.25) is 0 Å². The number of piperazine rings is 1. The fraction of sp³-hybridized carbons (Fsp3) is 0.600. The van der Waals surface area contributed by atoms with Crippen molar-refractivity contribution in [2.24, 2.45) is 0 Å². The molecular weight excluding hydrogens is 305 g/mol. The molecule has 1 N–H and O–H groups in total. The summed E-state index contributed by atoms with van der Waals surface area (Å²) in [6.45, 7) is 8.79. The molecule has 0 spiro atoms. The van der Waals surface area contributed by atoms with Gasteiger partial charge in [-0.1, -0.05) is 6.92 Å². The third-order valence-corrected chi connectivity index (χ3v) is 5.46. The summed E-state index contributed by atoms with van der Waals surface area (Å²) in [7, 11) is -3.54. The molecule has 1 aliphatic rings. The van der Waals surface area contributed by atoms with Crippen LogP contribution in [0.1, 0.15) is 13.3 Å². The highest BCUT2D eigenvalue weighted by atomic mass is 32.2. The molecule has 0 saturated carbocycles. The van der Waals surface area contributed by atoms with E-state index in [9.17, 15) is 12.8 Å². The molecule has 0 amide bonds. The standard InChI is InChI=1S/C15H24FN3O2S/c1-2-18-10-12-19(13-11-18)9-3-8-17-22(20,21)15-6-4-14(16)5-7-15/h4-7,17H,2-3,8-13H2,1H3. The number of halogens is 1. The summed E-state index contributed by atoms with van der Waals surface area (Å²) < 4.78 is 39.4. The number of hydrogen-bond donors (Lipinski definition) is 1. The van der Waals surface area contributed by atoms with Gasteiger partial charge in [0.05, 0.1) is 4.90 Å². The van der Waals surface area contributed by atoms with E-state index in [1.165, 1.54) is 12.1 Å². The zero-order valence-electron chi connectivity index (χ0n) is 13.0. The highest BCUT2D eigenvalue weighted by molar-refractivity contribution is 7.89. The van der Waals surface area contributed by atoms with Crippen molar-refractivity contribution in [2.45, 2.75) is 18.2 Å². The molecule has 1 heterocycles. The Morgan fingerprint density at radius 3 is 2.27 bits per heavy atom. The maximum atomic E-state index is 12.8. The monoisotopic (exact) mass is 329 g/mol. The van der Waals surface area contributed by atoms with Gasteiger partial charge in [0.2, 0.25) is 10.0 Å². The summed E-state index contributed by atoms with van der Waals surface area (Å²) in [5, 5.41) is 0. The smallest absolute Gasteiger partial charge is 0.240 e. The van der Waals surface area contributed by atoms with Gasteiger partial charge in [-0.05, 0) is 43.8 Å². The second-order valence-electron chi connectivity index (χ2n) is 5.48. The van der Waals surface area contributed by atoms with Crippen molar-refractivity contribution in [2.75, 3.05) is 45.8 Å². The van der Waals surface area contributed by atoms with Crippen LogP contribution in [0.4, 0.5) is 4.39 Å². The van der Waals surface area contributed by atoms with Crippen LogP contribution in [0.25, 0.3) is 0 Å². The van der Waals surface area contributed by atoms with Crippen LogP contribution >= 0.6 is 0 Å². The number of nitrogens with zero attached hydrogens (tertiary/aromatic N) is 2. The van der Waals surface area contributed by atoms with Gasteiger partial charge >= 0.3 is 0 Å². The van der Waals surface area contributed by atoms with Crippen molar-refractivity contribution in [3.63, 3.8) is 0 Å². The van der Waals surface area contributed by atoms with Gasteiger partial charge in [-0.2, -0.15) is 0 Å². The third-order valence-electron chi connectivity index (χ3n) is 3.98. The third kappa shape index (κ3) is 5.01. The minimum absolute atomic E-state index is 0.102. The van der Waals surface area contributed by atoms with E-state index in [0.717, 1.165) is 57.8 Å². The summed E-state index contributed by atoms with van der Waals surface area (Å²) in [5.74, 6) is -0.440. The fourth-order valence-corrected chi connectivity index (χ4v) is 3.61. The normalized spacial score (nSPS) is 17.7. The molecule has 0 atom stereocenters. The van der Waals surface area contributed by atoms with Gasteiger partial charge in [-0.3, -0.25) is 0 Å². The lowest BCUT2D eigenvalue weighted by Gasteiger charge is -2.33. The lowest BCUT2D eigenvalue weighted by Crippen LogP contribution is -2.46. The Morgan fingerprint density at radius 1 is 1.09 bits per heavy atom. The van der Waals surface area contributed by atoms with Crippen LogP contribution in [-0.4, -0.2) is 64.0 Å². The highest BCUT2D eigenvalue weighted by Crippen LogP contribution is 2.09. The average Bonchev–Trinajstić information content (AvgIpc) is 2.52. The Balaban J connectivity index is 1.71. The molecule has 1 fully saturated rings. The van der Waals surface area contributed by atoms with Crippen molar-refractivity contribution in [3.05, 3.63) is 30.1 Å². The van der Waals surface area contributed by atoms with E-state index >= 15 is 0 Å². The zero-order chi connectivity index (χ0) is 16.0. The van der Waals surface area contributed by atoms with Crippen molar-refractivity contribution in [1.82, 2.24) is 14.5 Å². The van der Waals surface area contributed by atoms with Gasteiger partial charge < -0.3 is 9.80 Å². The first-order valence-corrected chi connectivity index (χ1v) is 9.19. The van der Waals surface area contributed by atoms with Gasteiger partial charge in [0.15, 0.2) is 0 Å². The SMILES string of the molecule is CCN1CCN(CCCNS(=O)(=O)c2ccc(F)cc2)CC1. The molecular formula is C15H24FN3O2S. The van der Waals surface area contributed by atoms with Crippen molar-refractivity contribution in [1.29, 1.82) is 0 Å². The predicted octanol–water partition coefficient (Wildman–Crippen LogP) is 1.13. The Kier molecular flexibility index (Phi) is 6.31. The van der Waals surface area contributed by atoms with E-state index < -0.39 is 15.8 Å². The van der Waals surface area contributed by atoms with Gasteiger partial charge in [-0.25, -0.2) is 17.5 Å². The topological polar surface area (TPSA) is 52.6 Å². The first-order valence-electron chi connectivity index (χ1n) is 7.71. The number of hydrogen-bond acceptors (Lipinski definition) is 4. The molecule has 0 bridgehead atoms. The Morgan fingerprint density at radius 2 is 1.68 bits per heavy atom. The van der Waals surface area contributed by atoms with Crippen molar-refractivity contribution >= 4 is 10.0 Å². The quantitative estimate of drug-likeness (QED) is 0.762. The summed E-state index contributed by atoms with van der Waals surface area (Å²) in [6, 6.07) is 4.87. The minimum atomic E-state index is -3.54. The number of sulfonamides is 1. The average molecular weight is 329 g/mol. The van der Waals surface area contributed by atoms with Crippen molar-refractivity contribution in [3.8, 4) is 0 Å². The van der Waals surface area contributed by atoms with Crippen LogP contribution in [-0.2, 0) is 10.0 Å². The van der Waals surface area contributed by atoms with Gasteiger partial charge in [0.25, 0.3) is 0 Å². The molecule has 0 radical (unpaired) electrons. The molecule has 1 aromatic carbocycles. The summed E-state index contributed by atoms with van der Waals surface area (Å²) >= 11 is 0. The molecule has 5 nitrogen and oxygen atoms in total. The number of benzene rings is 1. The molecule has 0 aliphatic carbocycles. The molecule has 1 saturated heterocycles. The Labute approximate surface area is 132 Å². The van der Waals surface area contributed by atoms with E-state index in [1.54, 1.807) is 0 Å². The van der Waals surface area contributed by atoms with E-state index in [1.807, 2.05) is 0 Å². The Bertz CT molecular complexity index is 555. The molecule has 0 aromatic heterocycles. The van der Waals surface area contributed by atoms with E-state index in [4.69, 9.17) is 0 Å². The van der Waals surface area contributed by atoms with Gasteiger partial charge in [-0.15, -0.1) is 0 Å². The number of rotatable bonds is 7. The molecule has 0 unspecified atom stereocenters. The number of nitrogens with one attached hydrogen (secondary N) is 1. The largest absolute Gasteiger partial charge is 0.301 e. The summed E-state index contributed by atoms with van der Waals surface area (Å²) in [4.78, 5) is 4.87. The molecule has 124 valence electrons. The van der Waals surface area contributed by atoms with E-state index in [2.05, 4.69) is 21.4 Å². The van der Waals surface area contributed by atoms with Gasteiger partial charge in [0, 0.05) is 32.7 Å². The molecule has 1 aliphatic heterocycles. The number of likely N-dealkylation sites (N-methyl/N-ethyl adjacent to an activating group) is 1. The second kappa shape index (κ2) is 8.01. The predicted molar refractivity (Wildman–Crippen MR) is 84.8 cm³/mol. The first kappa shape index (κ1) is 17.3. The molecule has 1 aromatic rings. The first-order chi connectivity index (χ1) is 10.5. The molecule has 7 heteroatoms. The lowest BCUT2D eigenvalue weighted by molar-refractivity contribution is 0.136. The van der Waals surface area contributed by atoms with E-state index in [0.29, 0.717) is 6.54 Å². The molecule has 22 heavy (non-hydrogen) atoms. The van der Waals surface area contributed by atoms with Crippen LogP contribution < -0.4 is 4.72 Å². The zero-order valence-corrected chi connectivity index (χ0v) is 13.8. The fourth-order valence-electron chi connectivity index (χ4n) is 2.54. The van der Waals surface area contributed by atoms with Crippen LogP contribution in [0.5, 0.6) is 0 Å². The van der Waals surface area contributed by atoms with Crippen molar-refractivity contribution < 1.29 is 12.8 Å². The van der Waals surface area contributed by atoms with E-state index in [-0.39, 0.29) is 4.90 Å². The summed E-state index contributed by atoms with van der Waals surface area (Å²) in [5.41, 5.74) is 0. The summed E-state index contributed by atoms with van der Waals surface area (Å²) in [6.07, 6.45) is 0.770. The minimum Gasteiger partial charge on any atom is -0.301 e. The van der Waals surface area contributed by atoms with Gasteiger partial charge in [0.1, 0.15) is 5.82 Å². The molecule has 2 rings (SSSR count). The highest BCUT2D eigenvalue weighted by Gasteiger charge is 2.16.